The first kappa shape index (κ1) is 17.9. The van der Waals surface area contributed by atoms with Crippen molar-refractivity contribution in [2.75, 3.05) is 18.5 Å². The average molecular weight is 326 g/mol. The number of aryl methyl sites for hydroxylation is 3. The molecule has 4 heteroatoms. The molecule has 2 N–H and O–H groups in total. The minimum atomic E-state index is -0.202. The quantitative estimate of drug-likeness (QED) is 0.745. The number of para-hydroxylation sites is 2. The summed E-state index contributed by atoms with van der Waals surface area (Å²) in [5.41, 5.74) is 4.28. The standard InChI is InChI=1S/C20H26N2O2/c1-4-16-10-6-7-12-18(16)24-14-13-21-20(23)22-19-15(3)9-8-11-17(19)5-2/h6-12H,4-5,13-14H2,1-3H3,(H2,21,22,23). The van der Waals surface area contributed by atoms with Crippen LogP contribution in [0.5, 0.6) is 5.75 Å². The van der Waals surface area contributed by atoms with Crippen LogP contribution in [-0.2, 0) is 12.8 Å². The molecule has 0 fully saturated rings. The van der Waals surface area contributed by atoms with Crippen molar-refractivity contribution in [3.8, 4) is 5.75 Å². The fraction of sp³-hybridized carbons (Fsp3) is 0.350. The Hall–Kier alpha value is -2.49. The van der Waals surface area contributed by atoms with Crippen molar-refractivity contribution in [1.82, 2.24) is 5.32 Å². The molecule has 0 radical (unpaired) electrons. The highest BCUT2D eigenvalue weighted by Gasteiger charge is 2.08. The fourth-order valence-electron chi connectivity index (χ4n) is 2.62. The maximum absolute atomic E-state index is 12.1. The molecule has 2 rings (SSSR count). The Morgan fingerprint density at radius 2 is 1.71 bits per heavy atom. The van der Waals surface area contributed by atoms with Gasteiger partial charge in [-0.25, -0.2) is 4.79 Å². The van der Waals surface area contributed by atoms with Crippen LogP contribution in [0.15, 0.2) is 42.5 Å². The number of rotatable bonds is 7. The summed E-state index contributed by atoms with van der Waals surface area (Å²) >= 11 is 0. The van der Waals surface area contributed by atoms with E-state index in [9.17, 15) is 4.79 Å². The first-order valence-electron chi connectivity index (χ1n) is 8.49. The molecule has 0 aliphatic carbocycles. The molecule has 0 heterocycles. The van der Waals surface area contributed by atoms with Crippen LogP contribution in [0.1, 0.15) is 30.5 Å². The monoisotopic (exact) mass is 326 g/mol. The molecule has 2 aromatic rings. The van der Waals surface area contributed by atoms with Gasteiger partial charge in [0.15, 0.2) is 0 Å². The minimum absolute atomic E-state index is 0.202. The molecule has 128 valence electrons. The topological polar surface area (TPSA) is 50.4 Å². The Morgan fingerprint density at radius 1 is 1.00 bits per heavy atom. The molecule has 0 atom stereocenters. The van der Waals surface area contributed by atoms with Crippen molar-refractivity contribution in [2.24, 2.45) is 0 Å². The summed E-state index contributed by atoms with van der Waals surface area (Å²) in [6, 6.07) is 13.8. The van der Waals surface area contributed by atoms with E-state index in [1.807, 2.05) is 43.3 Å². The lowest BCUT2D eigenvalue weighted by Crippen LogP contribution is -2.32. The van der Waals surface area contributed by atoms with Gasteiger partial charge in [0.05, 0.1) is 6.54 Å². The number of nitrogens with one attached hydrogen (secondary N) is 2. The maximum Gasteiger partial charge on any atom is 0.319 e. The summed E-state index contributed by atoms with van der Waals surface area (Å²) in [7, 11) is 0. The van der Waals surface area contributed by atoms with Crippen LogP contribution in [0.25, 0.3) is 0 Å². The lowest BCUT2D eigenvalue weighted by molar-refractivity contribution is 0.247. The van der Waals surface area contributed by atoms with Crippen LogP contribution in [0.3, 0.4) is 0 Å². The molecule has 0 bridgehead atoms. The van der Waals surface area contributed by atoms with E-state index in [1.165, 1.54) is 5.56 Å². The van der Waals surface area contributed by atoms with Crippen molar-refractivity contribution in [3.05, 3.63) is 59.2 Å². The maximum atomic E-state index is 12.1. The summed E-state index contributed by atoms with van der Waals surface area (Å²) in [6.07, 6.45) is 1.81. The Morgan fingerprint density at radius 3 is 2.46 bits per heavy atom. The highest BCUT2D eigenvalue weighted by molar-refractivity contribution is 5.91. The van der Waals surface area contributed by atoms with Crippen LogP contribution >= 0.6 is 0 Å². The van der Waals surface area contributed by atoms with Gasteiger partial charge in [-0.2, -0.15) is 0 Å². The van der Waals surface area contributed by atoms with Crippen LogP contribution in [-0.4, -0.2) is 19.2 Å². The number of anilines is 1. The Bertz CT molecular complexity index is 683. The van der Waals surface area contributed by atoms with Gasteiger partial charge in [0.2, 0.25) is 0 Å². The molecule has 0 aliphatic heterocycles. The summed E-state index contributed by atoms with van der Waals surface area (Å²) in [4.78, 5) is 12.1. The third-order valence-corrected chi connectivity index (χ3v) is 3.98. The van der Waals surface area contributed by atoms with Crippen LogP contribution < -0.4 is 15.4 Å². The van der Waals surface area contributed by atoms with E-state index in [1.54, 1.807) is 0 Å². The molecule has 0 aliphatic rings. The van der Waals surface area contributed by atoms with Gasteiger partial charge >= 0.3 is 6.03 Å². The van der Waals surface area contributed by atoms with E-state index in [-0.39, 0.29) is 6.03 Å². The molecule has 0 saturated carbocycles. The van der Waals surface area contributed by atoms with E-state index in [0.29, 0.717) is 13.2 Å². The largest absolute Gasteiger partial charge is 0.491 e. The first-order valence-corrected chi connectivity index (χ1v) is 8.49. The van der Waals surface area contributed by atoms with Crippen molar-refractivity contribution in [1.29, 1.82) is 0 Å². The van der Waals surface area contributed by atoms with Crippen LogP contribution in [0, 0.1) is 6.92 Å². The van der Waals surface area contributed by atoms with Gasteiger partial charge in [-0.15, -0.1) is 0 Å². The molecule has 24 heavy (non-hydrogen) atoms. The molecule has 0 unspecified atom stereocenters. The summed E-state index contributed by atoms with van der Waals surface area (Å²) in [5, 5.41) is 5.79. The van der Waals surface area contributed by atoms with Gasteiger partial charge in [-0.1, -0.05) is 50.2 Å². The van der Waals surface area contributed by atoms with E-state index < -0.39 is 0 Å². The summed E-state index contributed by atoms with van der Waals surface area (Å²) in [5.74, 6) is 0.884. The molecular formula is C20H26N2O2. The molecule has 2 amide bonds. The van der Waals surface area contributed by atoms with Gasteiger partial charge in [0.25, 0.3) is 0 Å². The van der Waals surface area contributed by atoms with Gasteiger partial charge in [-0.05, 0) is 42.5 Å². The van der Waals surface area contributed by atoms with Crippen molar-refractivity contribution >= 4 is 11.7 Å². The summed E-state index contributed by atoms with van der Waals surface area (Å²) in [6.45, 7) is 7.08. The average Bonchev–Trinajstić information content (AvgIpc) is 2.60. The van der Waals surface area contributed by atoms with Crippen LogP contribution in [0.4, 0.5) is 10.5 Å². The normalized spacial score (nSPS) is 10.3. The van der Waals surface area contributed by atoms with E-state index >= 15 is 0 Å². The highest BCUT2D eigenvalue weighted by Crippen LogP contribution is 2.21. The number of carbonyl (C=O) groups is 1. The van der Waals surface area contributed by atoms with E-state index in [0.717, 1.165) is 35.4 Å². The Kier molecular flexibility index (Phi) is 6.67. The number of carbonyl (C=O) groups excluding carboxylic acids is 1. The number of benzene rings is 2. The zero-order valence-corrected chi connectivity index (χ0v) is 14.7. The predicted octanol–water partition coefficient (Wildman–Crippen LogP) is 4.32. The smallest absolute Gasteiger partial charge is 0.319 e. The fourth-order valence-corrected chi connectivity index (χ4v) is 2.62. The van der Waals surface area contributed by atoms with E-state index in [2.05, 4.69) is 30.5 Å². The van der Waals surface area contributed by atoms with Crippen molar-refractivity contribution in [3.63, 3.8) is 0 Å². The van der Waals surface area contributed by atoms with Crippen molar-refractivity contribution in [2.45, 2.75) is 33.6 Å². The molecule has 0 saturated heterocycles. The highest BCUT2D eigenvalue weighted by atomic mass is 16.5. The SMILES string of the molecule is CCc1ccccc1OCCNC(=O)Nc1c(C)cccc1CC. The third kappa shape index (κ3) is 4.75. The van der Waals surface area contributed by atoms with Gasteiger partial charge in [-0.3, -0.25) is 0 Å². The number of urea groups is 1. The number of ether oxygens (including phenoxy) is 1. The third-order valence-electron chi connectivity index (χ3n) is 3.98. The van der Waals surface area contributed by atoms with Crippen molar-refractivity contribution < 1.29 is 9.53 Å². The predicted molar refractivity (Wildman–Crippen MR) is 98.9 cm³/mol. The lowest BCUT2D eigenvalue weighted by Gasteiger charge is -2.14. The molecular weight excluding hydrogens is 300 g/mol. The first-order chi connectivity index (χ1) is 11.7. The molecule has 0 aromatic heterocycles. The Labute approximate surface area is 144 Å². The van der Waals surface area contributed by atoms with E-state index in [4.69, 9.17) is 4.74 Å². The Balaban J connectivity index is 1.82. The van der Waals surface area contributed by atoms with Crippen LogP contribution in [0.2, 0.25) is 0 Å². The molecule has 0 spiro atoms. The molecule has 2 aromatic carbocycles. The van der Waals surface area contributed by atoms with Gasteiger partial charge in [0, 0.05) is 5.69 Å². The second-order valence-electron chi connectivity index (χ2n) is 5.65. The second kappa shape index (κ2) is 8.96. The number of hydrogen-bond acceptors (Lipinski definition) is 2. The second-order valence-corrected chi connectivity index (χ2v) is 5.65. The zero-order chi connectivity index (χ0) is 17.4. The number of amides is 2. The summed E-state index contributed by atoms with van der Waals surface area (Å²) < 4.78 is 5.75. The van der Waals surface area contributed by atoms with Gasteiger partial charge in [0.1, 0.15) is 12.4 Å². The number of hydrogen-bond donors (Lipinski definition) is 2. The molecule has 4 nitrogen and oxygen atoms in total. The lowest BCUT2D eigenvalue weighted by atomic mass is 10.1. The van der Waals surface area contributed by atoms with Gasteiger partial charge < -0.3 is 15.4 Å². The minimum Gasteiger partial charge on any atom is -0.491 e. The zero-order valence-electron chi connectivity index (χ0n) is 14.7.